The van der Waals surface area contributed by atoms with E-state index < -0.39 is 0 Å². The molecule has 0 radical (unpaired) electrons. The summed E-state index contributed by atoms with van der Waals surface area (Å²) in [6, 6.07) is 11.8. The van der Waals surface area contributed by atoms with Crippen LogP contribution in [0, 0.1) is 6.92 Å². The number of rotatable bonds is 4. The van der Waals surface area contributed by atoms with Gasteiger partial charge in [0.1, 0.15) is 12.4 Å². The average molecular weight is 483 g/mol. The van der Waals surface area contributed by atoms with Gasteiger partial charge in [-0.15, -0.1) is 0 Å². The first-order valence-electron chi connectivity index (χ1n) is 10.8. The van der Waals surface area contributed by atoms with Crippen LogP contribution in [0.4, 0.5) is 0 Å². The summed E-state index contributed by atoms with van der Waals surface area (Å²) in [4.78, 5) is 12.3. The molecule has 1 aromatic heterocycles. The molecule has 3 aromatic rings. The second-order valence-corrected chi connectivity index (χ2v) is 9.12. The van der Waals surface area contributed by atoms with Crippen LogP contribution < -0.4 is 4.74 Å². The van der Waals surface area contributed by atoms with Crippen molar-refractivity contribution in [1.29, 1.82) is 0 Å². The first-order valence-corrected chi connectivity index (χ1v) is 11.6. The van der Waals surface area contributed by atoms with Crippen LogP contribution in [0.15, 0.2) is 59.7 Å². The van der Waals surface area contributed by atoms with Crippen molar-refractivity contribution in [3.63, 3.8) is 0 Å². The summed E-state index contributed by atoms with van der Waals surface area (Å²) in [6.45, 7) is 3.32. The van der Waals surface area contributed by atoms with Gasteiger partial charge in [0, 0.05) is 22.8 Å². The Balaban J connectivity index is 1.46. The van der Waals surface area contributed by atoms with E-state index in [0.717, 1.165) is 59.1 Å². The first-order chi connectivity index (χ1) is 16.0. The van der Waals surface area contributed by atoms with Crippen LogP contribution >= 0.6 is 23.2 Å². The lowest BCUT2D eigenvalue weighted by molar-refractivity contribution is 0.0575. The number of halogens is 2. The quantitative estimate of drug-likeness (QED) is 0.453. The molecule has 33 heavy (non-hydrogen) atoms. The van der Waals surface area contributed by atoms with Gasteiger partial charge < -0.3 is 19.0 Å². The van der Waals surface area contributed by atoms with Crippen molar-refractivity contribution in [2.45, 2.75) is 25.8 Å². The summed E-state index contributed by atoms with van der Waals surface area (Å²) < 4.78 is 7.64. The van der Waals surface area contributed by atoms with E-state index in [9.17, 15) is 0 Å². The van der Waals surface area contributed by atoms with Crippen LogP contribution in [0.2, 0.25) is 10.0 Å². The maximum Gasteiger partial charge on any atom is 0.172 e. The molecule has 2 aromatic carbocycles. The molecule has 3 heterocycles. The van der Waals surface area contributed by atoms with Crippen molar-refractivity contribution in [2.75, 3.05) is 20.3 Å². The molecule has 0 N–H and O–H groups in total. The third-order valence-electron chi connectivity index (χ3n) is 5.97. The number of hydrogen-bond acceptors (Lipinski definition) is 5. The van der Waals surface area contributed by atoms with Crippen molar-refractivity contribution in [1.82, 2.24) is 14.5 Å². The molecule has 0 spiro atoms. The van der Waals surface area contributed by atoms with Gasteiger partial charge in [-0.3, -0.25) is 0 Å². The fraction of sp³-hybridized carbons (Fsp3) is 0.280. The number of nitrogens with zero attached hydrogens (tertiary/aromatic N) is 4. The monoisotopic (exact) mass is 482 g/mol. The Labute approximate surface area is 203 Å². The number of aryl methyl sites for hydroxylation is 1. The SMILES string of the molecule is COc1cc(C=C2CCCN3C2=NOC[C@@H]3c2cc(Cl)cc(Cl)c2)ccc1-n1cnc(C)c1. The Morgan fingerprint density at radius 2 is 1.97 bits per heavy atom. The number of hydrogen-bond donors (Lipinski definition) is 0. The van der Waals surface area contributed by atoms with Gasteiger partial charge in [-0.05, 0) is 72.9 Å². The molecule has 0 amide bonds. The number of oxime groups is 1. The maximum absolute atomic E-state index is 6.26. The molecule has 2 aliphatic heterocycles. The Morgan fingerprint density at radius 1 is 1.15 bits per heavy atom. The van der Waals surface area contributed by atoms with E-state index in [4.69, 9.17) is 32.8 Å². The molecule has 6 nitrogen and oxygen atoms in total. The summed E-state index contributed by atoms with van der Waals surface area (Å²) >= 11 is 12.5. The second-order valence-electron chi connectivity index (χ2n) is 8.25. The van der Waals surface area contributed by atoms with Crippen molar-refractivity contribution in [3.8, 4) is 11.4 Å². The predicted octanol–water partition coefficient (Wildman–Crippen LogP) is 6.06. The van der Waals surface area contributed by atoms with Gasteiger partial charge in [0.15, 0.2) is 5.84 Å². The molecule has 1 fully saturated rings. The molecule has 170 valence electrons. The van der Waals surface area contributed by atoms with E-state index >= 15 is 0 Å². The van der Waals surface area contributed by atoms with E-state index in [1.165, 1.54) is 0 Å². The number of amidine groups is 1. The highest BCUT2D eigenvalue weighted by Crippen LogP contribution is 2.35. The Morgan fingerprint density at radius 3 is 2.70 bits per heavy atom. The Hall–Kier alpha value is -2.96. The zero-order valence-corrected chi connectivity index (χ0v) is 20.0. The zero-order chi connectivity index (χ0) is 22.9. The van der Waals surface area contributed by atoms with Crippen molar-refractivity contribution < 1.29 is 9.57 Å². The highest BCUT2D eigenvalue weighted by molar-refractivity contribution is 6.34. The summed E-state index contributed by atoms with van der Waals surface area (Å²) in [5.41, 5.74) is 5.10. The van der Waals surface area contributed by atoms with Crippen LogP contribution in [0.5, 0.6) is 5.75 Å². The van der Waals surface area contributed by atoms with Crippen molar-refractivity contribution in [2.24, 2.45) is 5.16 Å². The number of ether oxygens (including phenoxy) is 1. The molecule has 0 saturated carbocycles. The topological polar surface area (TPSA) is 51.9 Å². The van der Waals surface area contributed by atoms with E-state index in [-0.39, 0.29) is 6.04 Å². The Bertz CT molecular complexity index is 1230. The van der Waals surface area contributed by atoms with Gasteiger partial charge in [-0.25, -0.2) is 4.98 Å². The minimum Gasteiger partial charge on any atom is -0.495 e. The van der Waals surface area contributed by atoms with E-state index in [1.807, 2.05) is 42.0 Å². The predicted molar refractivity (Wildman–Crippen MR) is 131 cm³/mol. The van der Waals surface area contributed by atoms with Gasteiger partial charge in [-0.1, -0.05) is 34.4 Å². The lowest BCUT2D eigenvalue weighted by Gasteiger charge is -2.40. The third kappa shape index (κ3) is 4.45. The standard InChI is InChI=1S/C25H24Cl2N4O2/c1-16-13-30(15-28-16)22-6-5-17(9-24(22)32-2)8-18-4-3-7-31-23(14-33-29-25(18)31)19-10-20(26)12-21(27)11-19/h5-6,8-13,15,23H,3-4,7,14H2,1-2H3/t23-/m1/s1. The van der Waals surface area contributed by atoms with E-state index in [0.29, 0.717) is 16.7 Å². The van der Waals surface area contributed by atoms with Gasteiger partial charge >= 0.3 is 0 Å². The number of fused-ring (bicyclic) bond motifs is 1. The second kappa shape index (κ2) is 9.12. The third-order valence-corrected chi connectivity index (χ3v) is 6.40. The van der Waals surface area contributed by atoms with Crippen LogP contribution in [0.3, 0.4) is 0 Å². The maximum atomic E-state index is 6.26. The summed E-state index contributed by atoms with van der Waals surface area (Å²) in [7, 11) is 1.68. The van der Waals surface area contributed by atoms with E-state index in [2.05, 4.69) is 27.2 Å². The number of benzene rings is 2. The van der Waals surface area contributed by atoms with Crippen molar-refractivity contribution in [3.05, 3.63) is 81.4 Å². The van der Waals surface area contributed by atoms with E-state index in [1.54, 1.807) is 19.5 Å². The lowest BCUT2D eigenvalue weighted by atomic mass is 9.96. The average Bonchev–Trinajstić information content (AvgIpc) is 3.24. The van der Waals surface area contributed by atoms with Crippen LogP contribution in [-0.2, 0) is 4.84 Å². The number of methoxy groups -OCH3 is 1. The Kier molecular flexibility index (Phi) is 6.04. The van der Waals surface area contributed by atoms with Crippen LogP contribution in [-0.4, -0.2) is 40.5 Å². The molecule has 1 saturated heterocycles. The molecule has 5 rings (SSSR count). The van der Waals surface area contributed by atoms with Gasteiger partial charge in [0.25, 0.3) is 0 Å². The number of piperidine rings is 1. The summed E-state index contributed by atoms with van der Waals surface area (Å²) in [6.07, 6.45) is 7.88. The van der Waals surface area contributed by atoms with Gasteiger partial charge in [0.05, 0.1) is 30.9 Å². The molecule has 0 aliphatic carbocycles. The van der Waals surface area contributed by atoms with Gasteiger partial charge in [-0.2, -0.15) is 0 Å². The molecule has 8 heteroatoms. The molecule has 2 aliphatic rings. The van der Waals surface area contributed by atoms with Crippen LogP contribution in [0.25, 0.3) is 11.8 Å². The molecule has 0 bridgehead atoms. The fourth-order valence-corrected chi connectivity index (χ4v) is 4.99. The highest BCUT2D eigenvalue weighted by Gasteiger charge is 2.33. The molecular weight excluding hydrogens is 459 g/mol. The normalized spacial score (nSPS) is 19.2. The molecule has 1 atom stereocenters. The van der Waals surface area contributed by atoms with Crippen LogP contribution in [0.1, 0.15) is 35.7 Å². The van der Waals surface area contributed by atoms with Crippen molar-refractivity contribution >= 4 is 35.1 Å². The minimum atomic E-state index is 0.0128. The lowest BCUT2D eigenvalue weighted by Crippen LogP contribution is -2.44. The number of imidazole rings is 1. The molecule has 0 unspecified atom stereocenters. The molecular formula is C25H24Cl2N4O2. The van der Waals surface area contributed by atoms with Gasteiger partial charge in [0.2, 0.25) is 0 Å². The summed E-state index contributed by atoms with van der Waals surface area (Å²) in [5, 5.41) is 5.66. The first kappa shape index (κ1) is 21.9. The summed E-state index contributed by atoms with van der Waals surface area (Å²) in [5.74, 6) is 1.64. The zero-order valence-electron chi connectivity index (χ0n) is 18.5. The fourth-order valence-electron chi connectivity index (χ4n) is 4.45. The highest BCUT2D eigenvalue weighted by atomic mass is 35.5. The largest absolute Gasteiger partial charge is 0.495 e. The smallest absolute Gasteiger partial charge is 0.172 e. The number of aromatic nitrogens is 2. The minimum absolute atomic E-state index is 0.0128.